The highest BCUT2D eigenvalue weighted by atomic mass is 32.2. The summed E-state index contributed by atoms with van der Waals surface area (Å²) in [6.45, 7) is 0. The Balaban J connectivity index is 1.82. The summed E-state index contributed by atoms with van der Waals surface area (Å²) < 4.78 is 27.6. The van der Waals surface area contributed by atoms with E-state index in [1.165, 1.54) is 18.4 Å². The molecule has 0 radical (unpaired) electrons. The molecular formula is C16H17N3O2S2. The molecular weight excluding hydrogens is 330 g/mol. The molecule has 3 rings (SSSR count). The predicted octanol–water partition coefficient (Wildman–Crippen LogP) is 2.88. The number of hydrogen-bond acceptors (Lipinski definition) is 4. The van der Waals surface area contributed by atoms with Gasteiger partial charge in [0.1, 0.15) is 0 Å². The molecule has 0 unspecified atom stereocenters. The fraction of sp³-hybridized carbons (Fsp3) is 0.188. The molecule has 2 aromatic heterocycles. The third-order valence-electron chi connectivity index (χ3n) is 3.45. The van der Waals surface area contributed by atoms with Crippen LogP contribution in [0, 0.1) is 0 Å². The second kappa shape index (κ2) is 6.35. The van der Waals surface area contributed by atoms with Gasteiger partial charge in [-0.15, -0.1) is 0 Å². The lowest BCUT2D eigenvalue weighted by molar-refractivity contribution is 0.520. The number of sulfonamides is 1. The average molecular weight is 347 g/mol. The number of benzene rings is 1. The van der Waals surface area contributed by atoms with Crippen LogP contribution < -0.4 is 0 Å². The molecule has 0 atom stereocenters. The van der Waals surface area contributed by atoms with Gasteiger partial charge < -0.3 is 0 Å². The first-order chi connectivity index (χ1) is 11.0. The summed E-state index contributed by atoms with van der Waals surface area (Å²) in [4.78, 5) is 4.72. The summed E-state index contributed by atoms with van der Waals surface area (Å²) in [7, 11) is -0.333. The van der Waals surface area contributed by atoms with Crippen molar-refractivity contribution < 1.29 is 8.42 Å². The van der Waals surface area contributed by atoms with Gasteiger partial charge >= 0.3 is 0 Å². The van der Waals surface area contributed by atoms with Crippen LogP contribution in [0.25, 0.3) is 5.52 Å². The van der Waals surface area contributed by atoms with Crippen LogP contribution in [0.1, 0.15) is 5.56 Å². The molecule has 0 saturated carbocycles. The summed E-state index contributed by atoms with van der Waals surface area (Å²) in [5, 5.41) is 0.890. The summed E-state index contributed by atoms with van der Waals surface area (Å²) in [5.74, 6) is 0.658. The Kier molecular flexibility index (Phi) is 4.43. The second-order valence-electron chi connectivity index (χ2n) is 5.26. The fourth-order valence-electron chi connectivity index (χ4n) is 2.18. The van der Waals surface area contributed by atoms with Crippen LogP contribution in [-0.4, -0.2) is 36.2 Å². The SMILES string of the molecule is CN(C)S(=O)(=O)c1cccc(CSc2ncc3ccccn23)c1. The van der Waals surface area contributed by atoms with Gasteiger partial charge in [0, 0.05) is 26.0 Å². The number of imidazole rings is 1. The first-order valence-electron chi connectivity index (χ1n) is 7.05. The molecule has 120 valence electrons. The van der Waals surface area contributed by atoms with Gasteiger partial charge in [-0.3, -0.25) is 4.40 Å². The van der Waals surface area contributed by atoms with Crippen molar-refractivity contribution in [2.75, 3.05) is 14.1 Å². The van der Waals surface area contributed by atoms with Crippen molar-refractivity contribution in [2.45, 2.75) is 15.8 Å². The van der Waals surface area contributed by atoms with Crippen molar-refractivity contribution in [2.24, 2.45) is 0 Å². The highest BCUT2D eigenvalue weighted by Crippen LogP contribution is 2.24. The Labute approximate surface area is 140 Å². The first-order valence-corrected chi connectivity index (χ1v) is 9.47. The van der Waals surface area contributed by atoms with Crippen LogP contribution in [0.3, 0.4) is 0 Å². The Morgan fingerprint density at radius 3 is 2.78 bits per heavy atom. The van der Waals surface area contributed by atoms with Crippen molar-refractivity contribution in [3.63, 3.8) is 0 Å². The zero-order valence-electron chi connectivity index (χ0n) is 12.9. The van der Waals surface area contributed by atoms with Crippen LogP contribution >= 0.6 is 11.8 Å². The van der Waals surface area contributed by atoms with Crippen molar-refractivity contribution in [1.82, 2.24) is 13.7 Å². The lowest BCUT2D eigenvalue weighted by Crippen LogP contribution is -2.22. The predicted molar refractivity (Wildman–Crippen MR) is 92.1 cm³/mol. The van der Waals surface area contributed by atoms with E-state index in [2.05, 4.69) is 4.98 Å². The molecule has 23 heavy (non-hydrogen) atoms. The largest absolute Gasteiger partial charge is 0.295 e. The highest BCUT2D eigenvalue weighted by molar-refractivity contribution is 7.98. The Bertz CT molecular complexity index is 933. The molecule has 2 heterocycles. The van der Waals surface area contributed by atoms with E-state index < -0.39 is 10.0 Å². The number of hydrogen-bond donors (Lipinski definition) is 0. The van der Waals surface area contributed by atoms with E-state index in [0.717, 1.165) is 16.2 Å². The number of thioether (sulfide) groups is 1. The standard InChI is InChI=1S/C16H17N3O2S2/c1-18(2)23(20,21)15-8-5-6-13(10-15)12-22-16-17-11-14-7-3-4-9-19(14)16/h3-11H,12H2,1-2H3. The maximum absolute atomic E-state index is 12.2. The Hall–Kier alpha value is -1.83. The minimum absolute atomic E-state index is 0.313. The molecule has 0 spiro atoms. The topological polar surface area (TPSA) is 54.7 Å². The van der Waals surface area contributed by atoms with Gasteiger partial charge in [-0.25, -0.2) is 17.7 Å². The van der Waals surface area contributed by atoms with Crippen LogP contribution in [0.15, 0.2) is 64.9 Å². The zero-order valence-corrected chi connectivity index (χ0v) is 14.5. The second-order valence-corrected chi connectivity index (χ2v) is 8.35. The number of nitrogens with zero attached hydrogens (tertiary/aromatic N) is 3. The number of rotatable bonds is 5. The summed E-state index contributed by atoms with van der Waals surface area (Å²) >= 11 is 1.58. The third-order valence-corrected chi connectivity index (χ3v) is 6.30. The number of aromatic nitrogens is 2. The summed E-state index contributed by atoms with van der Waals surface area (Å²) in [6, 6.07) is 13.0. The monoisotopic (exact) mass is 347 g/mol. The van der Waals surface area contributed by atoms with Gasteiger partial charge in [0.25, 0.3) is 0 Å². The highest BCUT2D eigenvalue weighted by Gasteiger charge is 2.17. The van der Waals surface area contributed by atoms with E-state index in [1.807, 2.05) is 41.1 Å². The van der Waals surface area contributed by atoms with E-state index in [-0.39, 0.29) is 0 Å². The first kappa shape index (κ1) is 16.0. The quantitative estimate of drug-likeness (QED) is 0.666. The fourth-order valence-corrected chi connectivity index (χ4v) is 4.06. The lowest BCUT2D eigenvalue weighted by atomic mass is 10.2. The summed E-state index contributed by atoms with van der Waals surface area (Å²) in [6.07, 6.45) is 3.80. The summed E-state index contributed by atoms with van der Waals surface area (Å²) in [5.41, 5.74) is 1.99. The van der Waals surface area contributed by atoms with Crippen LogP contribution in [0.4, 0.5) is 0 Å². The molecule has 0 amide bonds. The molecule has 3 aromatic rings. The molecule has 0 N–H and O–H groups in total. The molecule has 0 aliphatic carbocycles. The zero-order chi connectivity index (χ0) is 16.4. The van der Waals surface area contributed by atoms with E-state index in [0.29, 0.717) is 10.6 Å². The minimum atomic E-state index is -3.40. The smallest absolute Gasteiger partial charge is 0.242 e. The minimum Gasteiger partial charge on any atom is -0.295 e. The van der Waals surface area contributed by atoms with Gasteiger partial charge in [0.15, 0.2) is 5.16 Å². The molecule has 1 aromatic carbocycles. The van der Waals surface area contributed by atoms with Gasteiger partial charge in [-0.2, -0.15) is 0 Å². The van der Waals surface area contributed by atoms with Crippen molar-refractivity contribution >= 4 is 27.3 Å². The van der Waals surface area contributed by atoms with Crippen molar-refractivity contribution in [3.8, 4) is 0 Å². The van der Waals surface area contributed by atoms with Crippen LogP contribution in [0.2, 0.25) is 0 Å². The lowest BCUT2D eigenvalue weighted by Gasteiger charge is -2.12. The molecule has 5 nitrogen and oxygen atoms in total. The van der Waals surface area contributed by atoms with Crippen molar-refractivity contribution in [1.29, 1.82) is 0 Å². The van der Waals surface area contributed by atoms with Gasteiger partial charge in [0.05, 0.1) is 16.6 Å². The molecule has 0 aliphatic heterocycles. The van der Waals surface area contributed by atoms with Gasteiger partial charge in [-0.05, 0) is 29.8 Å². The van der Waals surface area contributed by atoms with E-state index in [1.54, 1.807) is 30.0 Å². The number of pyridine rings is 1. The van der Waals surface area contributed by atoms with Gasteiger partial charge in [0.2, 0.25) is 10.0 Å². The van der Waals surface area contributed by atoms with Gasteiger partial charge in [-0.1, -0.05) is 30.0 Å². The maximum atomic E-state index is 12.2. The van der Waals surface area contributed by atoms with E-state index >= 15 is 0 Å². The third kappa shape index (κ3) is 3.26. The number of fused-ring (bicyclic) bond motifs is 1. The molecule has 0 saturated heterocycles. The van der Waals surface area contributed by atoms with E-state index in [9.17, 15) is 8.42 Å². The Morgan fingerprint density at radius 2 is 2.00 bits per heavy atom. The average Bonchev–Trinajstić information content (AvgIpc) is 2.96. The Morgan fingerprint density at radius 1 is 1.17 bits per heavy atom. The van der Waals surface area contributed by atoms with Crippen molar-refractivity contribution in [3.05, 3.63) is 60.4 Å². The molecule has 7 heteroatoms. The van der Waals surface area contributed by atoms with Crippen LogP contribution in [0.5, 0.6) is 0 Å². The molecule has 0 aliphatic rings. The normalized spacial score (nSPS) is 12.1. The molecule has 0 fully saturated rings. The van der Waals surface area contributed by atoms with E-state index in [4.69, 9.17) is 0 Å². The maximum Gasteiger partial charge on any atom is 0.242 e. The van der Waals surface area contributed by atoms with Crippen LogP contribution in [-0.2, 0) is 15.8 Å². The molecule has 0 bridgehead atoms.